The van der Waals surface area contributed by atoms with E-state index in [-0.39, 0.29) is 0 Å². The Balaban J connectivity index is 2.46. The molecule has 0 saturated heterocycles. The maximum Gasteiger partial charge on any atom is 0.165 e. The van der Waals surface area contributed by atoms with Gasteiger partial charge >= 0.3 is 0 Å². The number of aromatic nitrogens is 3. The van der Waals surface area contributed by atoms with Gasteiger partial charge in [0.05, 0.1) is 5.02 Å². The summed E-state index contributed by atoms with van der Waals surface area (Å²) in [7, 11) is 0. The quantitative estimate of drug-likeness (QED) is 0.817. The van der Waals surface area contributed by atoms with Crippen molar-refractivity contribution in [1.29, 1.82) is 0 Å². The summed E-state index contributed by atoms with van der Waals surface area (Å²) in [5.41, 5.74) is 2.09. The van der Waals surface area contributed by atoms with E-state index in [4.69, 9.17) is 11.6 Å². The van der Waals surface area contributed by atoms with Crippen molar-refractivity contribution in [3.05, 3.63) is 35.1 Å². The van der Waals surface area contributed by atoms with Crippen LogP contribution in [0.1, 0.15) is 18.9 Å². The molecule has 0 bridgehead atoms. The van der Waals surface area contributed by atoms with Crippen LogP contribution in [0.25, 0.3) is 11.4 Å². The maximum atomic E-state index is 6.21. The first-order chi connectivity index (χ1) is 7.72. The summed E-state index contributed by atoms with van der Waals surface area (Å²) in [6, 6.07) is 5.97. The van der Waals surface area contributed by atoms with Crippen molar-refractivity contribution in [1.82, 2.24) is 14.8 Å². The lowest BCUT2D eigenvalue weighted by Crippen LogP contribution is -1.98. The number of halogens is 1. The van der Waals surface area contributed by atoms with Crippen molar-refractivity contribution < 1.29 is 0 Å². The average Bonchev–Trinajstić information content (AvgIpc) is 2.67. The summed E-state index contributed by atoms with van der Waals surface area (Å²) >= 11 is 6.21. The van der Waals surface area contributed by atoms with Crippen LogP contribution in [0.15, 0.2) is 24.5 Å². The molecule has 2 aromatic rings. The molecular formula is C12H14ClN3. The van der Waals surface area contributed by atoms with Crippen LogP contribution < -0.4 is 0 Å². The van der Waals surface area contributed by atoms with Crippen LogP contribution in [0.3, 0.4) is 0 Å². The van der Waals surface area contributed by atoms with Crippen molar-refractivity contribution in [2.75, 3.05) is 0 Å². The Morgan fingerprint density at radius 1 is 1.38 bits per heavy atom. The number of nitrogens with zero attached hydrogens (tertiary/aromatic N) is 3. The molecular weight excluding hydrogens is 222 g/mol. The highest BCUT2D eigenvalue weighted by molar-refractivity contribution is 6.33. The molecule has 0 amide bonds. The van der Waals surface area contributed by atoms with Gasteiger partial charge in [0.15, 0.2) is 5.82 Å². The fraction of sp³-hybridized carbons (Fsp3) is 0.333. The van der Waals surface area contributed by atoms with Crippen LogP contribution in [0.4, 0.5) is 0 Å². The second-order valence-corrected chi connectivity index (χ2v) is 4.24. The lowest BCUT2D eigenvalue weighted by Gasteiger charge is -2.07. The standard InChI is InChI=1S/C12H14ClN3/c1-3-6-16-8-14-15-12(16)10-5-4-9(2)7-11(10)13/h4-5,7-8H,3,6H2,1-2H3. The van der Waals surface area contributed by atoms with Crippen LogP contribution >= 0.6 is 11.6 Å². The van der Waals surface area contributed by atoms with Crippen molar-refractivity contribution in [2.24, 2.45) is 0 Å². The monoisotopic (exact) mass is 235 g/mol. The minimum Gasteiger partial charge on any atom is -0.314 e. The van der Waals surface area contributed by atoms with Crippen LogP contribution in [0, 0.1) is 6.92 Å². The van der Waals surface area contributed by atoms with Gasteiger partial charge in [-0.1, -0.05) is 24.6 Å². The highest BCUT2D eigenvalue weighted by atomic mass is 35.5. The SMILES string of the molecule is CCCn1cnnc1-c1ccc(C)cc1Cl. The molecule has 0 saturated carbocycles. The molecule has 0 aliphatic rings. The number of rotatable bonds is 3. The Morgan fingerprint density at radius 2 is 2.19 bits per heavy atom. The highest BCUT2D eigenvalue weighted by Crippen LogP contribution is 2.27. The first-order valence-corrected chi connectivity index (χ1v) is 5.74. The topological polar surface area (TPSA) is 30.7 Å². The Bertz CT molecular complexity index is 491. The van der Waals surface area contributed by atoms with Gasteiger partial charge < -0.3 is 4.57 Å². The largest absolute Gasteiger partial charge is 0.314 e. The Labute approximate surface area is 100 Å². The Kier molecular flexibility index (Phi) is 3.25. The van der Waals surface area contributed by atoms with Gasteiger partial charge in [0.2, 0.25) is 0 Å². The van der Waals surface area contributed by atoms with Gasteiger partial charge in [0.25, 0.3) is 0 Å². The summed E-state index contributed by atoms with van der Waals surface area (Å²) in [6.07, 6.45) is 2.80. The molecule has 1 heterocycles. The van der Waals surface area contributed by atoms with E-state index in [2.05, 4.69) is 17.1 Å². The van der Waals surface area contributed by atoms with E-state index in [1.54, 1.807) is 6.33 Å². The summed E-state index contributed by atoms with van der Waals surface area (Å²) in [6.45, 7) is 5.06. The molecule has 84 valence electrons. The van der Waals surface area contributed by atoms with Crippen LogP contribution in [-0.2, 0) is 6.54 Å². The molecule has 0 unspecified atom stereocenters. The van der Waals surface area contributed by atoms with Crippen molar-refractivity contribution in [3.8, 4) is 11.4 Å². The molecule has 0 aliphatic heterocycles. The predicted octanol–water partition coefficient (Wildman–Crippen LogP) is 3.32. The molecule has 0 radical (unpaired) electrons. The smallest absolute Gasteiger partial charge is 0.165 e. The molecule has 3 nitrogen and oxygen atoms in total. The number of hydrogen-bond acceptors (Lipinski definition) is 2. The normalized spacial score (nSPS) is 10.7. The summed E-state index contributed by atoms with van der Waals surface area (Å²) in [4.78, 5) is 0. The predicted molar refractivity (Wildman–Crippen MR) is 65.5 cm³/mol. The molecule has 0 spiro atoms. The average molecular weight is 236 g/mol. The zero-order valence-electron chi connectivity index (χ0n) is 9.44. The third-order valence-electron chi connectivity index (χ3n) is 2.45. The van der Waals surface area contributed by atoms with Gasteiger partial charge in [-0.25, -0.2) is 0 Å². The Hall–Kier alpha value is -1.35. The third kappa shape index (κ3) is 2.09. The minimum atomic E-state index is 0.727. The molecule has 0 aliphatic carbocycles. The van der Waals surface area contributed by atoms with Crippen molar-refractivity contribution in [2.45, 2.75) is 26.8 Å². The number of benzene rings is 1. The minimum absolute atomic E-state index is 0.727. The molecule has 16 heavy (non-hydrogen) atoms. The number of hydrogen-bond donors (Lipinski definition) is 0. The molecule has 1 aromatic heterocycles. The molecule has 2 rings (SSSR count). The van der Waals surface area contributed by atoms with Gasteiger partial charge in [0, 0.05) is 12.1 Å². The van der Waals surface area contributed by atoms with Gasteiger partial charge in [-0.3, -0.25) is 0 Å². The van der Waals surface area contributed by atoms with E-state index in [1.807, 2.05) is 29.7 Å². The number of aryl methyl sites for hydroxylation is 2. The van der Waals surface area contributed by atoms with Crippen LogP contribution in [-0.4, -0.2) is 14.8 Å². The second-order valence-electron chi connectivity index (χ2n) is 3.83. The molecule has 0 fully saturated rings. The lowest BCUT2D eigenvalue weighted by atomic mass is 10.1. The van der Waals surface area contributed by atoms with E-state index in [1.165, 1.54) is 0 Å². The van der Waals surface area contributed by atoms with Gasteiger partial charge in [-0.2, -0.15) is 0 Å². The Morgan fingerprint density at radius 3 is 2.88 bits per heavy atom. The maximum absolute atomic E-state index is 6.21. The zero-order valence-corrected chi connectivity index (χ0v) is 10.2. The summed E-state index contributed by atoms with van der Waals surface area (Å²) < 4.78 is 2.02. The van der Waals surface area contributed by atoms with Crippen LogP contribution in [0.2, 0.25) is 5.02 Å². The van der Waals surface area contributed by atoms with Gasteiger partial charge in [-0.15, -0.1) is 10.2 Å². The second kappa shape index (κ2) is 4.66. The fourth-order valence-corrected chi connectivity index (χ4v) is 1.99. The van der Waals surface area contributed by atoms with Gasteiger partial charge in [-0.05, 0) is 31.0 Å². The summed E-state index contributed by atoms with van der Waals surface area (Å²) in [5, 5.41) is 8.79. The molecule has 1 aromatic carbocycles. The fourth-order valence-electron chi connectivity index (χ4n) is 1.67. The highest BCUT2D eigenvalue weighted by Gasteiger charge is 2.10. The zero-order chi connectivity index (χ0) is 11.5. The van der Waals surface area contributed by atoms with E-state index < -0.39 is 0 Å². The molecule has 0 atom stereocenters. The van der Waals surface area contributed by atoms with E-state index in [9.17, 15) is 0 Å². The van der Waals surface area contributed by atoms with Gasteiger partial charge in [0.1, 0.15) is 6.33 Å². The lowest BCUT2D eigenvalue weighted by molar-refractivity contribution is 0.683. The molecule has 0 N–H and O–H groups in total. The van der Waals surface area contributed by atoms with Crippen LogP contribution in [0.5, 0.6) is 0 Å². The summed E-state index contributed by atoms with van der Waals surface area (Å²) in [5.74, 6) is 0.840. The third-order valence-corrected chi connectivity index (χ3v) is 2.76. The van der Waals surface area contributed by atoms with E-state index >= 15 is 0 Å². The van der Waals surface area contributed by atoms with E-state index in [0.29, 0.717) is 0 Å². The first-order valence-electron chi connectivity index (χ1n) is 5.36. The first kappa shape index (κ1) is 11.1. The van der Waals surface area contributed by atoms with Crippen molar-refractivity contribution >= 4 is 11.6 Å². The van der Waals surface area contributed by atoms with Crippen molar-refractivity contribution in [3.63, 3.8) is 0 Å². The van der Waals surface area contributed by atoms with E-state index in [0.717, 1.165) is 34.9 Å². The molecule has 4 heteroatoms.